The first kappa shape index (κ1) is 14.0. The summed E-state index contributed by atoms with van der Waals surface area (Å²) in [5.74, 6) is 0.0464. The van der Waals surface area contributed by atoms with Crippen molar-refractivity contribution in [3.8, 4) is 0 Å². The Morgan fingerprint density at radius 3 is 2.72 bits per heavy atom. The van der Waals surface area contributed by atoms with Gasteiger partial charge in [0.25, 0.3) is 0 Å². The van der Waals surface area contributed by atoms with Gasteiger partial charge in [-0.25, -0.2) is 0 Å². The van der Waals surface area contributed by atoms with Crippen molar-refractivity contribution in [2.45, 2.75) is 17.5 Å². The zero-order chi connectivity index (χ0) is 13.3. The molecule has 1 aliphatic rings. The minimum absolute atomic E-state index is 0.0448. The summed E-state index contributed by atoms with van der Waals surface area (Å²) in [7, 11) is 0. The lowest BCUT2D eigenvalue weighted by Gasteiger charge is -2.23. The molecule has 0 unspecified atom stereocenters. The van der Waals surface area contributed by atoms with Gasteiger partial charge in [0.1, 0.15) is 5.37 Å². The van der Waals surface area contributed by atoms with Crippen molar-refractivity contribution >= 4 is 40.9 Å². The van der Waals surface area contributed by atoms with Gasteiger partial charge in [-0.3, -0.25) is 4.79 Å². The summed E-state index contributed by atoms with van der Waals surface area (Å²) >= 11 is 13.4. The lowest BCUT2D eigenvalue weighted by Crippen LogP contribution is -2.32. The highest BCUT2D eigenvalue weighted by Gasteiger charge is 2.38. The fourth-order valence-electron chi connectivity index (χ4n) is 1.93. The van der Waals surface area contributed by atoms with Gasteiger partial charge in [0.2, 0.25) is 5.91 Å². The number of thioether (sulfide) groups is 1. The third-order valence-corrected chi connectivity index (χ3v) is 4.95. The van der Waals surface area contributed by atoms with Gasteiger partial charge in [-0.05, 0) is 24.6 Å². The van der Waals surface area contributed by atoms with Crippen LogP contribution in [0.5, 0.6) is 0 Å². The number of nitrogens with zero attached hydrogens (tertiary/aromatic N) is 1. The number of hydrogen-bond acceptors (Lipinski definition) is 3. The molecule has 0 radical (unpaired) electrons. The molecule has 1 aromatic rings. The number of rotatable bonds is 3. The van der Waals surface area contributed by atoms with Gasteiger partial charge >= 0.3 is 0 Å². The van der Waals surface area contributed by atoms with Gasteiger partial charge in [0.05, 0.1) is 21.9 Å². The molecule has 1 aromatic carbocycles. The van der Waals surface area contributed by atoms with Gasteiger partial charge < -0.3 is 10.0 Å². The summed E-state index contributed by atoms with van der Waals surface area (Å²) in [6, 6.07) is 5.36. The van der Waals surface area contributed by atoms with E-state index in [9.17, 15) is 4.79 Å². The van der Waals surface area contributed by atoms with Gasteiger partial charge in [-0.15, -0.1) is 11.8 Å². The second kappa shape index (κ2) is 5.70. The Hall–Kier alpha value is -0.420. The molecule has 1 amide bonds. The van der Waals surface area contributed by atoms with Crippen LogP contribution in [0, 0.1) is 0 Å². The van der Waals surface area contributed by atoms with Crippen molar-refractivity contribution in [3.63, 3.8) is 0 Å². The zero-order valence-corrected chi connectivity index (χ0v) is 12.1. The maximum atomic E-state index is 12.0. The number of β-amino-alcohol motifs (C(OH)–C–C–N with tert-alkyl or cyclic N) is 1. The molecule has 1 fully saturated rings. The first-order chi connectivity index (χ1) is 8.54. The van der Waals surface area contributed by atoms with Crippen LogP contribution in [-0.4, -0.2) is 34.3 Å². The predicted octanol–water partition coefficient (Wildman–Crippen LogP) is 2.95. The van der Waals surface area contributed by atoms with E-state index in [-0.39, 0.29) is 23.1 Å². The number of aliphatic hydroxyl groups is 1. The Kier molecular flexibility index (Phi) is 4.43. The standard InChI is InChI=1S/C12H13Cl2NO2S/c1-7-11(17)15(4-5-16)12(18-7)8-2-3-9(13)10(14)6-8/h2-3,6-7,12,16H,4-5H2,1H3/t7-,12+/m1/s1. The molecular formula is C12H13Cl2NO2S. The van der Waals surface area contributed by atoms with Crippen LogP contribution in [0.25, 0.3) is 0 Å². The van der Waals surface area contributed by atoms with Crippen molar-refractivity contribution in [3.05, 3.63) is 33.8 Å². The highest BCUT2D eigenvalue weighted by atomic mass is 35.5. The van der Waals surface area contributed by atoms with E-state index < -0.39 is 0 Å². The Morgan fingerprint density at radius 2 is 2.11 bits per heavy atom. The number of halogens is 2. The minimum Gasteiger partial charge on any atom is -0.395 e. The van der Waals surface area contributed by atoms with Crippen molar-refractivity contribution in [2.75, 3.05) is 13.2 Å². The molecule has 2 rings (SSSR count). The quantitative estimate of drug-likeness (QED) is 0.933. The number of amides is 1. The zero-order valence-electron chi connectivity index (χ0n) is 9.77. The fraction of sp³-hybridized carbons (Fsp3) is 0.417. The van der Waals surface area contributed by atoms with Crippen LogP contribution >= 0.6 is 35.0 Å². The molecule has 1 saturated heterocycles. The van der Waals surface area contributed by atoms with E-state index in [1.165, 1.54) is 0 Å². The van der Waals surface area contributed by atoms with Crippen LogP contribution in [0.1, 0.15) is 17.9 Å². The highest BCUT2D eigenvalue weighted by Crippen LogP contribution is 2.43. The molecule has 0 saturated carbocycles. The molecule has 1 heterocycles. The molecule has 0 aromatic heterocycles. The third kappa shape index (κ3) is 2.62. The number of carbonyl (C=O) groups is 1. The molecule has 6 heteroatoms. The molecule has 3 nitrogen and oxygen atoms in total. The van der Waals surface area contributed by atoms with E-state index in [0.29, 0.717) is 16.6 Å². The van der Waals surface area contributed by atoms with Crippen molar-refractivity contribution < 1.29 is 9.90 Å². The van der Waals surface area contributed by atoms with Crippen molar-refractivity contribution in [1.82, 2.24) is 4.90 Å². The lowest BCUT2D eigenvalue weighted by atomic mass is 10.2. The Balaban J connectivity index is 2.30. The maximum absolute atomic E-state index is 12.0. The second-order valence-electron chi connectivity index (χ2n) is 4.06. The summed E-state index contributed by atoms with van der Waals surface area (Å²) in [6.45, 7) is 2.16. The lowest BCUT2D eigenvalue weighted by molar-refractivity contribution is -0.130. The van der Waals surface area contributed by atoms with Gasteiger partial charge in [0, 0.05) is 6.54 Å². The van der Waals surface area contributed by atoms with Gasteiger partial charge in [0.15, 0.2) is 0 Å². The SMILES string of the molecule is C[C@H]1S[C@@H](c2ccc(Cl)c(Cl)c2)N(CCO)C1=O. The summed E-state index contributed by atoms with van der Waals surface area (Å²) in [6.07, 6.45) is 0. The van der Waals surface area contributed by atoms with E-state index in [2.05, 4.69) is 0 Å². The average Bonchev–Trinajstić information content (AvgIpc) is 2.61. The van der Waals surface area contributed by atoms with Crippen LogP contribution in [-0.2, 0) is 4.79 Å². The summed E-state index contributed by atoms with van der Waals surface area (Å²) in [5.41, 5.74) is 0.931. The van der Waals surface area contributed by atoms with Crippen LogP contribution in [0.15, 0.2) is 18.2 Å². The van der Waals surface area contributed by atoms with E-state index in [4.69, 9.17) is 28.3 Å². The van der Waals surface area contributed by atoms with E-state index >= 15 is 0 Å². The molecule has 1 N–H and O–H groups in total. The topological polar surface area (TPSA) is 40.5 Å². The molecule has 0 spiro atoms. The number of aliphatic hydroxyl groups excluding tert-OH is 1. The normalized spacial score (nSPS) is 23.8. The molecule has 1 aliphatic heterocycles. The van der Waals surface area contributed by atoms with Crippen molar-refractivity contribution in [2.24, 2.45) is 0 Å². The van der Waals surface area contributed by atoms with Gasteiger partial charge in [-0.1, -0.05) is 29.3 Å². The van der Waals surface area contributed by atoms with Crippen LogP contribution in [0.4, 0.5) is 0 Å². The Morgan fingerprint density at radius 1 is 1.39 bits per heavy atom. The maximum Gasteiger partial charge on any atom is 0.236 e. The van der Waals surface area contributed by atoms with Crippen LogP contribution in [0.2, 0.25) is 10.0 Å². The molecule has 0 bridgehead atoms. The largest absolute Gasteiger partial charge is 0.395 e. The first-order valence-corrected chi connectivity index (χ1v) is 7.26. The monoisotopic (exact) mass is 305 g/mol. The first-order valence-electron chi connectivity index (χ1n) is 5.56. The summed E-state index contributed by atoms with van der Waals surface area (Å²) in [4.78, 5) is 13.6. The molecular weight excluding hydrogens is 293 g/mol. The Labute approximate surface area is 120 Å². The highest BCUT2D eigenvalue weighted by molar-refractivity contribution is 8.01. The molecule has 18 heavy (non-hydrogen) atoms. The van der Waals surface area contributed by atoms with E-state index in [1.807, 2.05) is 13.0 Å². The molecule has 0 aliphatic carbocycles. The number of benzene rings is 1. The van der Waals surface area contributed by atoms with Crippen molar-refractivity contribution in [1.29, 1.82) is 0 Å². The fourth-order valence-corrected chi connectivity index (χ4v) is 3.54. The third-order valence-electron chi connectivity index (χ3n) is 2.82. The van der Waals surface area contributed by atoms with Gasteiger partial charge in [-0.2, -0.15) is 0 Å². The summed E-state index contributed by atoms with van der Waals surface area (Å²) in [5, 5.41) is 9.81. The second-order valence-corrected chi connectivity index (χ2v) is 6.30. The smallest absolute Gasteiger partial charge is 0.236 e. The summed E-state index contributed by atoms with van der Waals surface area (Å²) < 4.78 is 0. The predicted molar refractivity (Wildman–Crippen MR) is 75.1 cm³/mol. The number of hydrogen-bond donors (Lipinski definition) is 1. The molecule has 2 atom stereocenters. The minimum atomic E-state index is -0.102. The number of carbonyl (C=O) groups excluding carboxylic acids is 1. The average molecular weight is 306 g/mol. The Bertz CT molecular complexity index is 469. The van der Waals surface area contributed by atoms with Crippen LogP contribution in [0.3, 0.4) is 0 Å². The molecule has 98 valence electrons. The van der Waals surface area contributed by atoms with Crippen LogP contribution < -0.4 is 0 Å². The van der Waals surface area contributed by atoms with E-state index in [1.54, 1.807) is 28.8 Å². The van der Waals surface area contributed by atoms with E-state index in [0.717, 1.165) is 5.56 Å².